The number of nitrogens with zero attached hydrogens (tertiary/aromatic N) is 2. The molecule has 2 fully saturated rings. The number of nitro benzene ring substituents is 1. The van der Waals surface area contributed by atoms with E-state index in [4.69, 9.17) is 14.3 Å². The summed E-state index contributed by atoms with van der Waals surface area (Å²) in [4.78, 5) is 67.2. The molecule has 13 heteroatoms. The van der Waals surface area contributed by atoms with E-state index in [0.717, 1.165) is 11.8 Å². The number of esters is 2. The third-order valence-corrected chi connectivity index (χ3v) is 6.75. The molecular formula is C23H21N3O9S. The second kappa shape index (κ2) is 10.3. The molecule has 2 aromatic rings. The fourth-order valence-corrected chi connectivity index (χ4v) is 5.05. The van der Waals surface area contributed by atoms with E-state index >= 15 is 0 Å². The molecule has 2 saturated heterocycles. The minimum absolute atomic E-state index is 0.134. The summed E-state index contributed by atoms with van der Waals surface area (Å²) in [6, 6.07) is 13.2. The molecule has 1 N–H and O–H groups in total. The summed E-state index contributed by atoms with van der Waals surface area (Å²) in [5, 5.41) is 13.1. The van der Waals surface area contributed by atoms with Crippen LogP contribution < -0.4 is 5.32 Å². The van der Waals surface area contributed by atoms with Gasteiger partial charge in [0.15, 0.2) is 0 Å². The van der Waals surface area contributed by atoms with Crippen molar-refractivity contribution in [1.29, 1.82) is 0 Å². The summed E-state index contributed by atoms with van der Waals surface area (Å²) < 4.78 is 10.9. The first-order valence-corrected chi connectivity index (χ1v) is 11.7. The van der Waals surface area contributed by atoms with Crippen molar-refractivity contribution >= 4 is 41.2 Å². The highest BCUT2D eigenvalue weighted by atomic mass is 32.2. The number of hydroxylamine groups is 2. The zero-order valence-electron chi connectivity index (χ0n) is 18.9. The number of nitrogens with one attached hydrogen (secondary N) is 1. The van der Waals surface area contributed by atoms with Gasteiger partial charge in [0.1, 0.15) is 19.3 Å². The fraction of sp³-hybridized carbons (Fsp3) is 0.304. The van der Waals surface area contributed by atoms with Crippen LogP contribution >= 0.6 is 11.8 Å². The molecule has 2 amide bonds. The fourth-order valence-electron chi connectivity index (χ4n) is 3.78. The molecule has 12 nitrogen and oxygen atoms in total. The Bertz CT molecular complexity index is 1190. The molecule has 4 rings (SSSR count). The first kappa shape index (κ1) is 25.1. The summed E-state index contributed by atoms with van der Waals surface area (Å²) >= 11 is 1.14. The van der Waals surface area contributed by atoms with Gasteiger partial charge in [-0.15, -0.1) is 11.8 Å². The van der Waals surface area contributed by atoms with Crippen LogP contribution in [0.15, 0.2) is 59.5 Å². The van der Waals surface area contributed by atoms with E-state index in [1.54, 1.807) is 30.3 Å². The lowest BCUT2D eigenvalue weighted by atomic mass is 10.1. The Morgan fingerprint density at radius 3 is 2.53 bits per heavy atom. The summed E-state index contributed by atoms with van der Waals surface area (Å²) in [7, 11) is 0. The second-order valence-corrected chi connectivity index (χ2v) is 9.25. The Morgan fingerprint density at radius 2 is 1.89 bits per heavy atom. The minimum Gasteiger partial charge on any atom is -0.456 e. The molecular weight excluding hydrogens is 494 g/mol. The first-order chi connectivity index (χ1) is 17.2. The van der Waals surface area contributed by atoms with Crippen LogP contribution in [0.5, 0.6) is 0 Å². The van der Waals surface area contributed by atoms with Gasteiger partial charge in [-0.05, 0) is 29.8 Å². The highest BCUT2D eigenvalue weighted by molar-refractivity contribution is 8.00. The second-order valence-electron chi connectivity index (χ2n) is 7.98. The standard InChI is InChI=1S/C23H21N3O9S/c1-14(27)24-18-13-34-25(21(18)29)23(19(11-20(28)35-23)36-17-5-3-2-4-6-17)22(30)33-12-15-7-9-16(10-8-15)26(31)32/h2-10,18-19H,11-13H2,1H3,(H,24,27)/t18-,19?,23?/m0/s1. The van der Waals surface area contributed by atoms with E-state index in [0.29, 0.717) is 15.5 Å². The topological polar surface area (TPSA) is 154 Å². The van der Waals surface area contributed by atoms with E-state index in [1.807, 2.05) is 0 Å². The largest absolute Gasteiger partial charge is 0.456 e. The van der Waals surface area contributed by atoms with Gasteiger partial charge >= 0.3 is 17.7 Å². The first-order valence-electron chi connectivity index (χ1n) is 10.8. The van der Waals surface area contributed by atoms with Gasteiger partial charge < -0.3 is 14.8 Å². The normalized spacial score (nSPS) is 23.3. The summed E-state index contributed by atoms with van der Waals surface area (Å²) in [6.07, 6.45) is -0.218. The third-order valence-electron chi connectivity index (χ3n) is 5.44. The summed E-state index contributed by atoms with van der Waals surface area (Å²) in [5.74, 6) is -3.05. The summed E-state index contributed by atoms with van der Waals surface area (Å²) in [5.41, 5.74) is -1.96. The lowest BCUT2D eigenvalue weighted by Gasteiger charge is -2.36. The van der Waals surface area contributed by atoms with Crippen molar-refractivity contribution in [2.24, 2.45) is 0 Å². The molecule has 0 saturated carbocycles. The molecule has 188 valence electrons. The smallest absolute Gasteiger partial charge is 0.376 e. The van der Waals surface area contributed by atoms with E-state index in [9.17, 15) is 29.3 Å². The number of carbonyl (C=O) groups excluding carboxylic acids is 4. The van der Waals surface area contributed by atoms with Crippen LogP contribution in [0.4, 0.5) is 5.69 Å². The van der Waals surface area contributed by atoms with Crippen molar-refractivity contribution < 1.29 is 38.4 Å². The molecule has 0 aromatic heterocycles. The number of benzene rings is 2. The SMILES string of the molecule is CC(=O)N[C@H]1CON(C2(C(=O)OCc3ccc([N+](=O)[O-])cc3)OC(=O)CC2Sc2ccccc2)C1=O. The molecule has 0 radical (unpaired) electrons. The van der Waals surface area contributed by atoms with Crippen LogP contribution in [-0.4, -0.2) is 57.4 Å². The molecule has 2 aromatic carbocycles. The van der Waals surface area contributed by atoms with Crippen molar-refractivity contribution in [1.82, 2.24) is 10.4 Å². The number of amides is 2. The van der Waals surface area contributed by atoms with Gasteiger partial charge in [-0.25, -0.2) is 4.79 Å². The molecule has 36 heavy (non-hydrogen) atoms. The Morgan fingerprint density at radius 1 is 1.19 bits per heavy atom. The molecule has 2 heterocycles. The van der Waals surface area contributed by atoms with Gasteiger partial charge in [-0.3, -0.25) is 29.3 Å². The van der Waals surface area contributed by atoms with Gasteiger partial charge in [0.05, 0.1) is 16.6 Å². The Hall–Kier alpha value is -3.97. The maximum absolute atomic E-state index is 13.5. The Balaban J connectivity index is 1.63. The number of cyclic esters (lactones) is 1. The number of ether oxygens (including phenoxy) is 2. The van der Waals surface area contributed by atoms with Crippen molar-refractivity contribution in [3.63, 3.8) is 0 Å². The highest BCUT2D eigenvalue weighted by Gasteiger charge is 2.66. The van der Waals surface area contributed by atoms with Gasteiger partial charge in [-0.2, -0.15) is 5.06 Å². The van der Waals surface area contributed by atoms with E-state index in [-0.39, 0.29) is 25.3 Å². The van der Waals surface area contributed by atoms with Crippen molar-refractivity contribution in [3.05, 3.63) is 70.3 Å². The number of non-ortho nitro benzene ring substituents is 1. The maximum Gasteiger partial charge on any atom is 0.376 e. The average Bonchev–Trinajstić information content (AvgIpc) is 3.37. The molecule has 0 spiro atoms. The zero-order valence-corrected chi connectivity index (χ0v) is 19.8. The predicted molar refractivity (Wildman–Crippen MR) is 123 cm³/mol. The van der Waals surface area contributed by atoms with Crippen LogP contribution in [-0.2, 0) is 40.1 Å². The number of nitro groups is 1. The Kier molecular flexibility index (Phi) is 7.22. The molecule has 2 aliphatic rings. The zero-order chi connectivity index (χ0) is 25.9. The predicted octanol–water partition coefficient (Wildman–Crippen LogP) is 1.72. The van der Waals surface area contributed by atoms with E-state index in [1.165, 1.54) is 31.2 Å². The van der Waals surface area contributed by atoms with E-state index in [2.05, 4.69) is 5.32 Å². The molecule has 2 aliphatic heterocycles. The van der Waals surface area contributed by atoms with Crippen molar-refractivity contribution in [2.75, 3.05) is 6.61 Å². The van der Waals surface area contributed by atoms with Crippen LogP contribution in [0.1, 0.15) is 18.9 Å². The van der Waals surface area contributed by atoms with Gasteiger partial charge in [0.2, 0.25) is 5.91 Å². The van der Waals surface area contributed by atoms with Crippen LogP contribution in [0.2, 0.25) is 0 Å². The minimum atomic E-state index is -2.26. The number of rotatable bonds is 8. The number of thioether (sulfide) groups is 1. The number of hydrogen-bond acceptors (Lipinski definition) is 10. The van der Waals surface area contributed by atoms with Gasteiger partial charge in [0, 0.05) is 24.0 Å². The van der Waals surface area contributed by atoms with Crippen LogP contribution in [0, 0.1) is 10.1 Å². The lowest BCUT2D eigenvalue weighted by molar-refractivity contribution is -0.384. The third kappa shape index (κ3) is 5.02. The van der Waals surface area contributed by atoms with E-state index < -0.39 is 45.7 Å². The molecule has 0 aliphatic carbocycles. The van der Waals surface area contributed by atoms with Crippen LogP contribution in [0.3, 0.4) is 0 Å². The molecule has 3 atom stereocenters. The van der Waals surface area contributed by atoms with Crippen molar-refractivity contribution in [3.8, 4) is 0 Å². The van der Waals surface area contributed by atoms with Crippen LogP contribution in [0.25, 0.3) is 0 Å². The molecule has 2 unspecified atom stereocenters. The monoisotopic (exact) mass is 515 g/mol. The maximum atomic E-state index is 13.5. The highest BCUT2D eigenvalue weighted by Crippen LogP contribution is 2.44. The van der Waals surface area contributed by atoms with Gasteiger partial charge in [0.25, 0.3) is 11.6 Å². The quantitative estimate of drug-likeness (QED) is 0.312. The van der Waals surface area contributed by atoms with Gasteiger partial charge in [-0.1, -0.05) is 18.2 Å². The van der Waals surface area contributed by atoms with Crippen molar-refractivity contribution in [2.45, 2.75) is 41.9 Å². The Labute approximate surface area is 209 Å². The number of carbonyl (C=O) groups is 4. The lowest BCUT2D eigenvalue weighted by Crippen LogP contribution is -2.61. The molecule has 0 bridgehead atoms. The number of hydrogen-bond donors (Lipinski definition) is 1. The summed E-state index contributed by atoms with van der Waals surface area (Å²) in [6.45, 7) is 0.653. The average molecular weight is 516 g/mol.